The number of hydrogen-bond acceptors (Lipinski definition) is 5. The lowest BCUT2D eigenvalue weighted by atomic mass is 9.94. The summed E-state index contributed by atoms with van der Waals surface area (Å²) in [6.07, 6.45) is -0.245. The number of methoxy groups -OCH3 is 1. The minimum absolute atomic E-state index is 0.245. The fourth-order valence-electron chi connectivity index (χ4n) is 3.75. The number of carbonyl (C=O) groups excluding carboxylic acids is 2. The molecule has 1 heterocycles. The van der Waals surface area contributed by atoms with E-state index in [4.69, 9.17) is 21.7 Å². The van der Waals surface area contributed by atoms with Gasteiger partial charge in [0.1, 0.15) is 5.75 Å². The highest BCUT2D eigenvalue weighted by atomic mass is 32.1. The van der Waals surface area contributed by atoms with Gasteiger partial charge in [-0.25, -0.2) is 9.59 Å². The number of amides is 2. The summed E-state index contributed by atoms with van der Waals surface area (Å²) in [6, 6.07) is 13.5. The summed E-state index contributed by atoms with van der Waals surface area (Å²) in [5.74, 6) is 0.181. The molecule has 0 aliphatic carbocycles. The number of nitrogens with zero attached hydrogens (tertiary/aromatic N) is 1. The van der Waals surface area contributed by atoms with Gasteiger partial charge in [0.05, 0.1) is 30.5 Å². The van der Waals surface area contributed by atoms with Crippen molar-refractivity contribution in [1.29, 1.82) is 0 Å². The van der Waals surface area contributed by atoms with E-state index in [0.29, 0.717) is 34.4 Å². The smallest absolute Gasteiger partial charge is 0.338 e. The number of benzene rings is 2. The highest BCUT2D eigenvalue weighted by Gasteiger charge is 2.34. The molecule has 0 radical (unpaired) electrons. The van der Waals surface area contributed by atoms with Crippen LogP contribution in [0.5, 0.6) is 5.75 Å². The van der Waals surface area contributed by atoms with E-state index in [-0.39, 0.29) is 12.1 Å². The zero-order valence-electron chi connectivity index (χ0n) is 20.0. The van der Waals surface area contributed by atoms with Crippen LogP contribution >= 0.6 is 12.2 Å². The first-order valence-corrected chi connectivity index (χ1v) is 11.5. The first kappa shape index (κ1) is 25.0. The Balaban J connectivity index is 1.80. The van der Waals surface area contributed by atoms with Gasteiger partial charge in [0.15, 0.2) is 5.11 Å². The molecule has 3 N–H and O–H groups in total. The van der Waals surface area contributed by atoms with Crippen molar-refractivity contribution in [2.24, 2.45) is 0 Å². The third kappa shape index (κ3) is 5.66. The molecule has 1 aliphatic heterocycles. The van der Waals surface area contributed by atoms with E-state index >= 15 is 0 Å². The van der Waals surface area contributed by atoms with E-state index in [1.54, 1.807) is 31.4 Å². The maximum atomic E-state index is 12.9. The molecule has 0 aromatic heterocycles. The van der Waals surface area contributed by atoms with Gasteiger partial charge < -0.3 is 30.3 Å². The molecule has 0 fully saturated rings. The monoisotopic (exact) mass is 482 g/mol. The van der Waals surface area contributed by atoms with Crippen LogP contribution in [0.4, 0.5) is 16.2 Å². The van der Waals surface area contributed by atoms with Gasteiger partial charge in [0.2, 0.25) is 0 Å². The SMILES string of the molecule is CCN1C(=S)NC(c2ccc(NC(=O)Nc3ccccc3OC)cc2)C(C(=O)OC(C)C)=C1C. The van der Waals surface area contributed by atoms with Gasteiger partial charge in [0, 0.05) is 17.9 Å². The molecule has 2 aromatic rings. The van der Waals surface area contributed by atoms with Crippen molar-refractivity contribution in [3.8, 4) is 5.75 Å². The van der Waals surface area contributed by atoms with E-state index in [2.05, 4.69) is 16.0 Å². The van der Waals surface area contributed by atoms with Gasteiger partial charge in [-0.3, -0.25) is 0 Å². The summed E-state index contributed by atoms with van der Waals surface area (Å²) in [7, 11) is 1.54. The van der Waals surface area contributed by atoms with E-state index in [1.807, 2.05) is 56.9 Å². The number of para-hydroxylation sites is 2. The van der Waals surface area contributed by atoms with Gasteiger partial charge in [-0.05, 0) is 69.7 Å². The van der Waals surface area contributed by atoms with Crippen LogP contribution in [0.15, 0.2) is 59.8 Å². The number of rotatable bonds is 7. The average molecular weight is 483 g/mol. The number of hydrogen-bond donors (Lipinski definition) is 3. The Morgan fingerprint density at radius 1 is 1.12 bits per heavy atom. The van der Waals surface area contributed by atoms with Crippen LogP contribution in [0.2, 0.25) is 0 Å². The van der Waals surface area contributed by atoms with Gasteiger partial charge in [-0.15, -0.1) is 0 Å². The number of thiocarbonyl (C=S) groups is 1. The van der Waals surface area contributed by atoms with Crippen LogP contribution in [-0.2, 0) is 9.53 Å². The van der Waals surface area contributed by atoms with Gasteiger partial charge in [-0.2, -0.15) is 0 Å². The van der Waals surface area contributed by atoms with E-state index in [9.17, 15) is 9.59 Å². The number of nitrogens with one attached hydrogen (secondary N) is 3. The summed E-state index contributed by atoms with van der Waals surface area (Å²) < 4.78 is 10.8. The molecule has 9 heteroatoms. The molecule has 8 nitrogen and oxygen atoms in total. The number of ether oxygens (including phenoxy) is 2. The number of allylic oxidation sites excluding steroid dienone is 1. The van der Waals surface area contributed by atoms with Crippen LogP contribution in [0.25, 0.3) is 0 Å². The lowest BCUT2D eigenvalue weighted by Gasteiger charge is -2.37. The molecular weight excluding hydrogens is 452 g/mol. The van der Waals surface area contributed by atoms with Crippen LogP contribution in [0, 0.1) is 0 Å². The standard InChI is InChI=1S/C25H30N4O4S/c1-6-29-16(4)21(23(30)33-15(2)3)22(28-25(29)34)17-11-13-18(14-12-17)26-24(31)27-19-9-7-8-10-20(19)32-5/h7-15,22H,6H2,1-5H3,(H,28,34)(H2,26,27,31). The summed E-state index contributed by atoms with van der Waals surface area (Å²) in [5.41, 5.74) is 3.26. The van der Waals surface area contributed by atoms with Crippen molar-refractivity contribution in [1.82, 2.24) is 10.2 Å². The lowest BCUT2D eigenvalue weighted by Crippen LogP contribution is -2.47. The Kier molecular flexibility index (Phi) is 8.12. The molecule has 1 atom stereocenters. The topological polar surface area (TPSA) is 91.9 Å². The van der Waals surface area contributed by atoms with Crippen molar-refractivity contribution in [3.63, 3.8) is 0 Å². The van der Waals surface area contributed by atoms with Gasteiger partial charge >= 0.3 is 12.0 Å². The second-order valence-electron chi connectivity index (χ2n) is 7.98. The fraction of sp³-hybridized carbons (Fsp3) is 0.320. The van der Waals surface area contributed by atoms with Crippen molar-refractivity contribution in [2.75, 3.05) is 24.3 Å². The highest BCUT2D eigenvalue weighted by molar-refractivity contribution is 7.80. The third-order valence-electron chi connectivity index (χ3n) is 5.33. The van der Waals surface area contributed by atoms with Crippen LogP contribution in [-0.4, -0.2) is 41.8 Å². The third-order valence-corrected chi connectivity index (χ3v) is 5.67. The molecule has 2 aromatic carbocycles. The average Bonchev–Trinajstić information content (AvgIpc) is 2.79. The van der Waals surface area contributed by atoms with E-state index < -0.39 is 12.1 Å². The van der Waals surface area contributed by atoms with Crippen LogP contribution in [0.3, 0.4) is 0 Å². The maximum Gasteiger partial charge on any atom is 0.338 e. The summed E-state index contributed by atoms with van der Waals surface area (Å²) in [4.78, 5) is 27.3. The van der Waals surface area contributed by atoms with Crippen molar-refractivity contribution < 1.29 is 19.1 Å². The number of carbonyl (C=O) groups is 2. The Labute approximate surface area is 205 Å². The van der Waals surface area contributed by atoms with Crippen molar-refractivity contribution in [3.05, 3.63) is 65.4 Å². The van der Waals surface area contributed by atoms with Crippen LogP contribution < -0.4 is 20.7 Å². The van der Waals surface area contributed by atoms with Crippen molar-refractivity contribution in [2.45, 2.75) is 39.8 Å². The number of anilines is 2. The molecule has 2 amide bonds. The molecule has 180 valence electrons. The minimum Gasteiger partial charge on any atom is -0.495 e. The largest absolute Gasteiger partial charge is 0.495 e. The zero-order valence-corrected chi connectivity index (χ0v) is 20.8. The summed E-state index contributed by atoms with van der Waals surface area (Å²) in [5, 5.41) is 9.38. The fourth-order valence-corrected chi connectivity index (χ4v) is 4.13. The van der Waals surface area contributed by atoms with Gasteiger partial charge in [-0.1, -0.05) is 24.3 Å². The Morgan fingerprint density at radius 2 is 1.79 bits per heavy atom. The Hall–Kier alpha value is -3.59. The Morgan fingerprint density at radius 3 is 2.41 bits per heavy atom. The normalized spacial score (nSPS) is 15.6. The first-order chi connectivity index (χ1) is 16.2. The second kappa shape index (κ2) is 11.0. The molecule has 1 aliphatic rings. The summed E-state index contributed by atoms with van der Waals surface area (Å²) >= 11 is 5.53. The first-order valence-electron chi connectivity index (χ1n) is 11.1. The maximum absolute atomic E-state index is 12.9. The van der Waals surface area contributed by atoms with Crippen molar-refractivity contribution >= 4 is 40.7 Å². The molecule has 1 unspecified atom stereocenters. The quantitative estimate of drug-likeness (QED) is 0.385. The van der Waals surface area contributed by atoms with E-state index in [0.717, 1.165) is 11.3 Å². The Bertz CT molecular complexity index is 1100. The lowest BCUT2D eigenvalue weighted by molar-refractivity contribution is -0.143. The molecule has 0 bridgehead atoms. The molecule has 0 saturated carbocycles. The van der Waals surface area contributed by atoms with E-state index in [1.165, 1.54) is 0 Å². The van der Waals surface area contributed by atoms with Crippen LogP contribution in [0.1, 0.15) is 39.3 Å². The number of urea groups is 1. The van der Waals surface area contributed by atoms with Gasteiger partial charge in [0.25, 0.3) is 0 Å². The predicted octanol–water partition coefficient (Wildman–Crippen LogP) is 4.82. The minimum atomic E-state index is -0.460. The second-order valence-corrected chi connectivity index (χ2v) is 8.37. The number of esters is 1. The molecule has 3 rings (SSSR count). The predicted molar refractivity (Wildman–Crippen MR) is 137 cm³/mol. The molecule has 0 saturated heterocycles. The molecule has 34 heavy (non-hydrogen) atoms. The zero-order chi connectivity index (χ0) is 24.8. The highest BCUT2D eigenvalue weighted by Crippen LogP contribution is 2.32. The summed E-state index contributed by atoms with van der Waals surface area (Å²) in [6.45, 7) is 8.11. The molecular formula is C25H30N4O4S. The molecule has 0 spiro atoms.